The van der Waals surface area contributed by atoms with Crippen LogP contribution in [-0.2, 0) is 0 Å². The summed E-state index contributed by atoms with van der Waals surface area (Å²) in [6.07, 6.45) is 0. The Bertz CT molecular complexity index is 615. The van der Waals surface area contributed by atoms with Gasteiger partial charge in [-0.05, 0) is 18.2 Å². The lowest BCUT2D eigenvalue weighted by atomic mass is 10.3. The van der Waals surface area contributed by atoms with Gasteiger partial charge in [-0.15, -0.1) is 0 Å². The molecular weight excluding hydrogens is 249 g/mol. The highest BCUT2D eigenvalue weighted by Crippen LogP contribution is 2.21. The highest BCUT2D eigenvalue weighted by atomic mass is 35.5. The van der Waals surface area contributed by atoms with Crippen molar-refractivity contribution in [3.05, 3.63) is 45.5 Å². The molecule has 0 radical (unpaired) electrons. The zero-order chi connectivity index (χ0) is 12.4. The number of hydrogen-bond acceptors (Lipinski definition) is 4. The molecule has 0 aliphatic carbocycles. The molecule has 0 unspecified atom stereocenters. The number of nitrogens with one attached hydrogen (secondary N) is 2. The van der Waals surface area contributed by atoms with E-state index in [1.165, 1.54) is 18.2 Å². The van der Waals surface area contributed by atoms with Gasteiger partial charge in [-0.2, -0.15) is 4.98 Å². The van der Waals surface area contributed by atoms with Crippen LogP contribution >= 0.6 is 11.6 Å². The molecule has 2 rings (SSSR count). The Hall–Kier alpha value is -2.08. The lowest BCUT2D eigenvalue weighted by molar-refractivity contribution is 0.452. The molecule has 2 aromatic rings. The van der Waals surface area contributed by atoms with Crippen LogP contribution in [0.1, 0.15) is 0 Å². The van der Waals surface area contributed by atoms with Gasteiger partial charge in [0.1, 0.15) is 5.82 Å². The van der Waals surface area contributed by atoms with Crippen molar-refractivity contribution in [2.45, 2.75) is 0 Å². The maximum atomic E-state index is 12.9. The van der Waals surface area contributed by atoms with E-state index in [4.69, 9.17) is 16.7 Å². The lowest BCUT2D eigenvalue weighted by Gasteiger charge is -2.05. The third kappa shape index (κ3) is 2.73. The van der Waals surface area contributed by atoms with Crippen LogP contribution in [0.25, 0.3) is 0 Å². The van der Waals surface area contributed by atoms with E-state index in [9.17, 15) is 9.18 Å². The third-order valence-electron chi connectivity index (χ3n) is 1.91. The molecule has 0 spiro atoms. The molecule has 0 saturated carbocycles. The summed E-state index contributed by atoms with van der Waals surface area (Å²) in [5.41, 5.74) is -0.0710. The summed E-state index contributed by atoms with van der Waals surface area (Å²) < 4.78 is 12.9. The smallest absolute Gasteiger partial charge is 0.256 e. The molecule has 0 fully saturated rings. The van der Waals surface area contributed by atoms with Crippen molar-refractivity contribution in [2.24, 2.45) is 0 Å². The first-order valence-corrected chi connectivity index (χ1v) is 4.95. The summed E-state index contributed by atoms with van der Waals surface area (Å²) in [6.45, 7) is 0. The fourth-order valence-electron chi connectivity index (χ4n) is 1.21. The maximum Gasteiger partial charge on any atom is 0.256 e. The van der Waals surface area contributed by atoms with E-state index in [1.807, 2.05) is 0 Å². The van der Waals surface area contributed by atoms with Crippen LogP contribution < -0.4 is 10.9 Å². The average molecular weight is 256 g/mol. The van der Waals surface area contributed by atoms with Gasteiger partial charge >= 0.3 is 0 Å². The number of aromatic nitrogens is 2. The SMILES string of the molecule is O=c1cc(O)nc(Nc2ccc(F)c(Cl)c2)[nH]1. The van der Waals surface area contributed by atoms with Crippen molar-refractivity contribution in [1.82, 2.24) is 9.97 Å². The lowest BCUT2D eigenvalue weighted by Crippen LogP contribution is -2.08. The van der Waals surface area contributed by atoms with Crippen molar-refractivity contribution in [1.29, 1.82) is 0 Å². The fraction of sp³-hybridized carbons (Fsp3) is 0. The van der Waals surface area contributed by atoms with Gasteiger partial charge in [0.05, 0.1) is 11.1 Å². The van der Waals surface area contributed by atoms with E-state index >= 15 is 0 Å². The van der Waals surface area contributed by atoms with E-state index < -0.39 is 17.3 Å². The van der Waals surface area contributed by atoms with Gasteiger partial charge in [0, 0.05) is 5.69 Å². The molecule has 1 aromatic heterocycles. The number of aromatic amines is 1. The van der Waals surface area contributed by atoms with E-state index in [2.05, 4.69) is 15.3 Å². The van der Waals surface area contributed by atoms with E-state index in [-0.39, 0.29) is 11.0 Å². The quantitative estimate of drug-likeness (QED) is 0.767. The van der Waals surface area contributed by atoms with Gasteiger partial charge in [-0.1, -0.05) is 11.6 Å². The number of aromatic hydroxyl groups is 1. The molecule has 0 atom stereocenters. The van der Waals surface area contributed by atoms with Gasteiger partial charge in [-0.25, -0.2) is 4.39 Å². The molecule has 5 nitrogen and oxygen atoms in total. The minimum Gasteiger partial charge on any atom is -0.493 e. The molecule has 17 heavy (non-hydrogen) atoms. The Labute approximate surface area is 99.9 Å². The van der Waals surface area contributed by atoms with Crippen molar-refractivity contribution in [3.8, 4) is 5.88 Å². The highest BCUT2D eigenvalue weighted by molar-refractivity contribution is 6.31. The topological polar surface area (TPSA) is 78.0 Å². The molecule has 0 bridgehead atoms. The van der Waals surface area contributed by atoms with Gasteiger partial charge < -0.3 is 10.4 Å². The number of rotatable bonds is 2. The van der Waals surface area contributed by atoms with Crippen LogP contribution in [0.2, 0.25) is 5.02 Å². The largest absolute Gasteiger partial charge is 0.493 e. The van der Waals surface area contributed by atoms with Gasteiger partial charge in [0.25, 0.3) is 5.56 Å². The summed E-state index contributed by atoms with van der Waals surface area (Å²) in [5.74, 6) is -0.920. The first-order chi connectivity index (χ1) is 8.04. The Morgan fingerprint density at radius 2 is 2.18 bits per heavy atom. The first-order valence-electron chi connectivity index (χ1n) is 4.57. The predicted octanol–water partition coefficient (Wildman–Crippen LogP) is 2.01. The van der Waals surface area contributed by atoms with Crippen LogP contribution in [0.15, 0.2) is 29.1 Å². The Morgan fingerprint density at radius 3 is 2.82 bits per heavy atom. The standard InChI is InChI=1S/C10H7ClFN3O2/c11-6-3-5(1-2-7(6)12)13-10-14-8(16)4-9(17)15-10/h1-4H,(H3,13,14,15,16,17). The van der Waals surface area contributed by atoms with Crippen molar-refractivity contribution >= 4 is 23.2 Å². The normalized spacial score (nSPS) is 10.2. The number of H-pyrrole nitrogens is 1. The number of hydrogen-bond donors (Lipinski definition) is 3. The Balaban J connectivity index is 2.31. The van der Waals surface area contributed by atoms with E-state index in [0.717, 1.165) is 6.07 Å². The molecule has 7 heteroatoms. The molecule has 1 aromatic carbocycles. The molecule has 0 saturated heterocycles. The molecular formula is C10H7ClFN3O2. The van der Waals surface area contributed by atoms with Gasteiger partial charge in [-0.3, -0.25) is 9.78 Å². The molecule has 0 aliphatic rings. The van der Waals surface area contributed by atoms with Crippen LogP contribution in [0.5, 0.6) is 5.88 Å². The number of anilines is 2. The molecule has 88 valence electrons. The zero-order valence-electron chi connectivity index (χ0n) is 8.37. The minimum atomic E-state index is -0.547. The number of benzene rings is 1. The molecule has 0 aliphatic heterocycles. The summed E-state index contributed by atoms with van der Waals surface area (Å²) >= 11 is 5.59. The van der Waals surface area contributed by atoms with Crippen LogP contribution in [0, 0.1) is 5.82 Å². The Morgan fingerprint density at radius 1 is 1.41 bits per heavy atom. The number of halogens is 2. The molecule has 0 amide bonds. The second kappa shape index (κ2) is 4.42. The molecule has 3 N–H and O–H groups in total. The van der Waals surface area contributed by atoms with Crippen molar-refractivity contribution in [2.75, 3.05) is 5.32 Å². The zero-order valence-corrected chi connectivity index (χ0v) is 9.12. The van der Waals surface area contributed by atoms with Gasteiger partial charge in [0.15, 0.2) is 0 Å². The summed E-state index contributed by atoms with van der Waals surface area (Å²) in [6, 6.07) is 4.86. The van der Waals surface area contributed by atoms with Crippen LogP contribution in [-0.4, -0.2) is 15.1 Å². The fourth-order valence-corrected chi connectivity index (χ4v) is 1.40. The van der Waals surface area contributed by atoms with Gasteiger partial charge in [0.2, 0.25) is 11.8 Å². The van der Waals surface area contributed by atoms with E-state index in [1.54, 1.807) is 0 Å². The van der Waals surface area contributed by atoms with Crippen molar-refractivity contribution < 1.29 is 9.50 Å². The summed E-state index contributed by atoms with van der Waals surface area (Å²) in [4.78, 5) is 17.0. The monoisotopic (exact) mass is 255 g/mol. The third-order valence-corrected chi connectivity index (χ3v) is 2.20. The predicted molar refractivity (Wildman–Crippen MR) is 61.2 cm³/mol. The van der Waals surface area contributed by atoms with Crippen LogP contribution in [0.4, 0.5) is 16.0 Å². The van der Waals surface area contributed by atoms with E-state index in [0.29, 0.717) is 5.69 Å². The summed E-state index contributed by atoms with van der Waals surface area (Å²) in [7, 11) is 0. The summed E-state index contributed by atoms with van der Waals surface area (Å²) in [5, 5.41) is 11.7. The first kappa shape index (κ1) is 11.4. The Kier molecular flexibility index (Phi) is 2.97. The highest BCUT2D eigenvalue weighted by Gasteiger charge is 2.03. The maximum absolute atomic E-state index is 12.9. The second-order valence-electron chi connectivity index (χ2n) is 3.21. The molecule has 1 heterocycles. The average Bonchev–Trinajstić information content (AvgIpc) is 2.22. The minimum absolute atomic E-state index is 0.0395. The van der Waals surface area contributed by atoms with Crippen molar-refractivity contribution in [3.63, 3.8) is 0 Å². The second-order valence-corrected chi connectivity index (χ2v) is 3.61. The number of nitrogens with zero attached hydrogens (tertiary/aromatic N) is 1. The van der Waals surface area contributed by atoms with Crippen LogP contribution in [0.3, 0.4) is 0 Å².